The number of carbonyl (C=O) groups excluding carboxylic acids is 10. The number of hydrogen-bond acceptors (Lipinski definition) is 16. The molecule has 4 saturated carbocycles. The maximum Gasteiger partial charge on any atom is 0.408 e. The van der Waals surface area contributed by atoms with Crippen molar-refractivity contribution in [1.29, 1.82) is 0 Å². The molecule has 4 bridgehead atoms. The van der Waals surface area contributed by atoms with Crippen LogP contribution in [-0.2, 0) is 83.4 Å². The number of ether oxygens (including phenoxy) is 6. The first-order chi connectivity index (χ1) is 44.7. The minimum absolute atomic E-state index is 0.00542. The average Bonchev–Trinajstić information content (AvgIpc) is 0.713. The number of methoxy groups -OCH3 is 2. The summed E-state index contributed by atoms with van der Waals surface area (Å²) in [5.74, 6) is -4.38. The van der Waals surface area contributed by atoms with E-state index in [-0.39, 0.29) is 105 Å². The topological polar surface area (TPSA) is 298 Å². The molecule has 4 aromatic carbocycles. The number of carbonyl (C=O) groups is 10. The van der Waals surface area contributed by atoms with Crippen LogP contribution in [0.5, 0.6) is 11.5 Å². The normalized spacial score (nSPS) is 19.7. The summed E-state index contributed by atoms with van der Waals surface area (Å²) in [6, 6.07) is 24.5. The van der Waals surface area contributed by atoms with Gasteiger partial charge in [-0.3, -0.25) is 28.8 Å². The first kappa shape index (κ1) is 72.6. The van der Waals surface area contributed by atoms with Gasteiger partial charge in [0.15, 0.2) is 0 Å². The maximum absolute atomic E-state index is 14.6. The molecule has 22 heteroatoms. The van der Waals surface area contributed by atoms with Crippen molar-refractivity contribution in [3.63, 3.8) is 0 Å². The number of hydrogen-bond donors (Lipinski definition) is 6. The Hall–Kier alpha value is -8.82. The quantitative estimate of drug-likeness (QED) is 0.0151. The van der Waals surface area contributed by atoms with Crippen molar-refractivity contribution in [1.82, 2.24) is 31.9 Å². The highest BCUT2D eigenvalue weighted by atomic mass is 16.6. The molecule has 6 amide bonds. The number of esters is 4. The maximum atomic E-state index is 14.6. The van der Waals surface area contributed by atoms with Crippen LogP contribution in [-0.4, -0.2) is 110 Å². The summed E-state index contributed by atoms with van der Waals surface area (Å²) in [5.41, 5.74) is 0.689. The third kappa shape index (κ3) is 21.1. The van der Waals surface area contributed by atoms with E-state index in [1.54, 1.807) is 72.8 Å². The van der Waals surface area contributed by atoms with Gasteiger partial charge >= 0.3 is 36.1 Å². The number of nitrogens with one attached hydrogen (secondary N) is 6. The average molecular weight is 1300 g/mol. The molecule has 0 unspecified atom stereocenters. The fourth-order valence-electron chi connectivity index (χ4n) is 13.4. The third-order valence-electron chi connectivity index (χ3n) is 17.4. The fourth-order valence-corrected chi connectivity index (χ4v) is 13.4. The lowest BCUT2D eigenvalue weighted by Gasteiger charge is -2.59. The molecule has 8 rings (SSSR count). The Labute approximate surface area is 551 Å². The Kier molecular flexibility index (Phi) is 26.1. The molecule has 94 heavy (non-hydrogen) atoms. The van der Waals surface area contributed by atoms with E-state index >= 15 is 0 Å². The van der Waals surface area contributed by atoms with Gasteiger partial charge in [0.05, 0.1) is 25.0 Å². The van der Waals surface area contributed by atoms with Gasteiger partial charge in [-0.05, 0) is 146 Å². The lowest BCUT2D eigenvalue weighted by atomic mass is 9.44. The van der Waals surface area contributed by atoms with Crippen LogP contribution < -0.4 is 41.4 Å². The number of rotatable bonds is 32. The highest BCUT2D eigenvalue weighted by Crippen LogP contribution is 2.66. The van der Waals surface area contributed by atoms with E-state index in [4.69, 9.17) is 28.4 Å². The second-order valence-corrected chi connectivity index (χ2v) is 27.3. The molecule has 6 N–H and O–H groups in total. The fraction of sp³-hybridized carbons (Fsp3) is 0.528. The SMILES string of the molecule is COC(=O)[C@H](CC(C)C)NC(=O)[C@H](Cc1ccc(OC(=O)C23CC4CC(C2)CC(C(=O)Oc2ccc(C[C@H](NC(=O)[C@H](CC(C)C)NC(=O)OCc5ccccc5)C(=O)N[C@@H](CC(C)C)C(=O)OC)cc2)(C4)C3)cc1)NC(=O)[C@H](CC(C)C)NC(=O)OCc1ccccc1. The van der Waals surface area contributed by atoms with Crippen LogP contribution in [0.3, 0.4) is 0 Å². The van der Waals surface area contributed by atoms with E-state index in [2.05, 4.69) is 31.9 Å². The van der Waals surface area contributed by atoms with Crippen molar-refractivity contribution >= 4 is 59.7 Å². The molecule has 4 aliphatic carbocycles. The van der Waals surface area contributed by atoms with Gasteiger partial charge < -0.3 is 60.3 Å². The van der Waals surface area contributed by atoms with Crippen molar-refractivity contribution in [2.45, 2.75) is 182 Å². The summed E-state index contributed by atoms with van der Waals surface area (Å²) < 4.78 is 33.2. The smallest absolute Gasteiger partial charge is 0.408 e. The minimum atomic E-state index is -1.24. The van der Waals surface area contributed by atoms with Crippen LogP contribution in [0, 0.1) is 46.3 Å². The van der Waals surface area contributed by atoms with Crippen LogP contribution in [0.4, 0.5) is 9.59 Å². The molecule has 4 aliphatic rings. The monoisotopic (exact) mass is 1300 g/mol. The van der Waals surface area contributed by atoms with E-state index < -0.39 is 107 Å². The first-order valence-corrected chi connectivity index (χ1v) is 32.7. The Morgan fingerprint density at radius 1 is 0.394 bits per heavy atom. The molecule has 0 aromatic heterocycles. The van der Waals surface area contributed by atoms with Crippen LogP contribution in [0.1, 0.15) is 142 Å². The highest BCUT2D eigenvalue weighted by molar-refractivity contribution is 5.95. The number of benzene rings is 4. The van der Waals surface area contributed by atoms with Crippen LogP contribution >= 0.6 is 0 Å². The van der Waals surface area contributed by atoms with Crippen molar-refractivity contribution in [3.05, 3.63) is 131 Å². The molecule has 0 radical (unpaired) electrons. The summed E-state index contributed by atoms with van der Waals surface area (Å²) in [6.07, 6.45) is 2.44. The predicted octanol–water partition coefficient (Wildman–Crippen LogP) is 8.93. The van der Waals surface area contributed by atoms with Gasteiger partial charge in [-0.15, -0.1) is 0 Å². The summed E-state index contributed by atoms with van der Waals surface area (Å²) in [6.45, 7) is 15.1. The Morgan fingerprint density at radius 3 is 1.02 bits per heavy atom. The summed E-state index contributed by atoms with van der Waals surface area (Å²) in [4.78, 5) is 138. The van der Waals surface area contributed by atoms with E-state index in [1.165, 1.54) is 14.2 Å². The zero-order valence-corrected chi connectivity index (χ0v) is 55.8. The minimum Gasteiger partial charge on any atom is -0.467 e. The second-order valence-electron chi connectivity index (χ2n) is 27.3. The molecule has 4 fully saturated rings. The van der Waals surface area contributed by atoms with Crippen molar-refractivity contribution in [2.75, 3.05) is 14.2 Å². The molecule has 6 atom stereocenters. The lowest BCUT2D eigenvalue weighted by molar-refractivity contribution is -0.183. The molecule has 22 nitrogen and oxygen atoms in total. The predicted molar refractivity (Wildman–Crippen MR) is 348 cm³/mol. The molecule has 4 aromatic rings. The van der Waals surface area contributed by atoms with Crippen LogP contribution in [0.2, 0.25) is 0 Å². The largest absolute Gasteiger partial charge is 0.467 e. The van der Waals surface area contributed by atoms with Gasteiger partial charge in [-0.1, -0.05) is 140 Å². The number of alkyl carbamates (subject to hydrolysis) is 2. The molecule has 0 aliphatic heterocycles. The second kappa shape index (κ2) is 33.8. The van der Waals surface area contributed by atoms with Gasteiger partial charge in [-0.25, -0.2) is 19.2 Å². The van der Waals surface area contributed by atoms with E-state index in [0.29, 0.717) is 36.8 Å². The number of amides is 6. The molecule has 0 heterocycles. The van der Waals surface area contributed by atoms with E-state index in [1.807, 2.05) is 91.8 Å². The van der Waals surface area contributed by atoms with Crippen LogP contribution in [0.25, 0.3) is 0 Å². The summed E-state index contributed by atoms with van der Waals surface area (Å²) >= 11 is 0. The summed E-state index contributed by atoms with van der Waals surface area (Å²) in [7, 11) is 2.45. The molecular weight excluding hydrogens is 1200 g/mol. The lowest BCUT2D eigenvalue weighted by Crippen LogP contribution is -2.59. The summed E-state index contributed by atoms with van der Waals surface area (Å²) in [5, 5.41) is 16.5. The van der Waals surface area contributed by atoms with Gasteiger partial charge in [0, 0.05) is 12.8 Å². The van der Waals surface area contributed by atoms with Gasteiger partial charge in [0.2, 0.25) is 23.6 Å². The van der Waals surface area contributed by atoms with Gasteiger partial charge in [0.25, 0.3) is 0 Å². The Morgan fingerprint density at radius 2 is 0.702 bits per heavy atom. The van der Waals surface area contributed by atoms with Crippen molar-refractivity contribution < 1.29 is 76.4 Å². The molecule has 0 spiro atoms. The standard InChI is InChI=1S/C72H94N6O16/c1-43(2)29-55(77-69(87)91-40-49-17-13-11-14-18-49)61(79)73-57(63(81)75-59(31-45(5)6)65(83)89-9)34-47-21-25-53(26-22-47)93-67(85)71-36-51-33-52(37-71)39-72(38-51,42-71)68(86)94-54-27-23-48(24-28-54)35-58(64(82)76-60(32-46(7)8)66(84)90-10)74-62(80)56(30-44(3)4)78-70(88)92-41-50-19-15-12-16-20-50/h11-28,43-46,51-52,55-60H,29-42H2,1-10H3,(H,73,79)(H,74,80)(H,75,81)(H,76,82)(H,77,87)(H,78,88)/t51?,52?,55-,56-,57-,58-,59-,60-,71?,72?/m0/s1. The van der Waals surface area contributed by atoms with Gasteiger partial charge in [0.1, 0.15) is 61.0 Å². The zero-order chi connectivity index (χ0) is 68.3. The third-order valence-corrected chi connectivity index (χ3v) is 17.4. The van der Waals surface area contributed by atoms with Crippen LogP contribution in [0.15, 0.2) is 109 Å². The zero-order valence-electron chi connectivity index (χ0n) is 55.8. The Balaban J connectivity index is 1.02. The van der Waals surface area contributed by atoms with Crippen molar-refractivity contribution in [3.8, 4) is 11.5 Å². The molecular formula is C72H94N6O16. The van der Waals surface area contributed by atoms with E-state index in [9.17, 15) is 47.9 Å². The van der Waals surface area contributed by atoms with Gasteiger partial charge in [-0.2, -0.15) is 0 Å². The van der Waals surface area contributed by atoms with Crippen molar-refractivity contribution in [2.24, 2.45) is 46.3 Å². The Bertz CT molecular complexity index is 3020. The molecule has 508 valence electrons. The highest BCUT2D eigenvalue weighted by Gasteiger charge is 2.64. The first-order valence-electron chi connectivity index (χ1n) is 32.7. The van der Waals surface area contributed by atoms with E-state index in [0.717, 1.165) is 17.5 Å². The molecule has 0 saturated heterocycles.